The number of hydrogen-bond donors (Lipinski definition) is 1. The topological polar surface area (TPSA) is 55.8 Å². The molecule has 0 aliphatic carbocycles. The van der Waals surface area contributed by atoms with Gasteiger partial charge in [-0.05, 0) is 59.4 Å². The van der Waals surface area contributed by atoms with Crippen molar-refractivity contribution in [2.75, 3.05) is 0 Å². The van der Waals surface area contributed by atoms with Gasteiger partial charge in [-0.2, -0.15) is 0 Å². The lowest BCUT2D eigenvalue weighted by atomic mass is 10.1. The Morgan fingerprint density at radius 3 is 1.51 bits per heavy atom. The van der Waals surface area contributed by atoms with Crippen LogP contribution in [-0.2, 0) is 26.5 Å². The smallest absolute Gasteiger partial charge is 0.394 e. The lowest BCUT2D eigenvalue weighted by Crippen LogP contribution is -1.99. The number of fused-ring (bicyclic) bond motifs is 4. The van der Waals surface area contributed by atoms with E-state index in [0.29, 0.717) is 11.5 Å². The van der Waals surface area contributed by atoms with E-state index in [9.17, 15) is 9.46 Å². The highest BCUT2D eigenvalue weighted by atomic mass is 32.2. The van der Waals surface area contributed by atoms with Gasteiger partial charge in [0.05, 0.1) is 0 Å². The Hall–Kier alpha value is -3.15. The maximum absolute atomic E-state index is 13.7. The van der Waals surface area contributed by atoms with Gasteiger partial charge >= 0.3 is 7.82 Å². The Balaban J connectivity index is 1.42. The van der Waals surface area contributed by atoms with Crippen molar-refractivity contribution in [1.29, 1.82) is 0 Å². The van der Waals surface area contributed by atoms with Gasteiger partial charge in [0.25, 0.3) is 0 Å². The zero-order valence-electron chi connectivity index (χ0n) is 21.6. The van der Waals surface area contributed by atoms with Crippen molar-refractivity contribution in [1.82, 2.24) is 0 Å². The summed E-state index contributed by atoms with van der Waals surface area (Å²) in [5.74, 6) is 0.630. The van der Waals surface area contributed by atoms with Gasteiger partial charge in [0, 0.05) is 30.7 Å². The summed E-state index contributed by atoms with van der Waals surface area (Å²) in [6.45, 7) is 4.21. The molecule has 2 heterocycles. The van der Waals surface area contributed by atoms with Crippen molar-refractivity contribution >= 4 is 55.0 Å². The van der Waals surface area contributed by atoms with Crippen molar-refractivity contribution in [3.8, 4) is 0 Å². The van der Waals surface area contributed by atoms with E-state index < -0.39 is 7.82 Å². The molecule has 39 heavy (non-hydrogen) atoms. The summed E-state index contributed by atoms with van der Waals surface area (Å²) in [5.41, 5.74) is 5.70. The van der Waals surface area contributed by atoms with Gasteiger partial charge in [0.1, 0.15) is 11.5 Å². The first-order valence-electron chi connectivity index (χ1n) is 12.9. The molecule has 0 fully saturated rings. The van der Waals surface area contributed by atoms with Crippen molar-refractivity contribution in [2.24, 2.45) is 0 Å². The van der Waals surface area contributed by atoms with E-state index in [1.54, 1.807) is 23.5 Å². The van der Waals surface area contributed by atoms with Crippen LogP contribution >= 0.6 is 31.3 Å². The van der Waals surface area contributed by atoms with Gasteiger partial charge in [-0.3, -0.25) is 4.89 Å². The summed E-state index contributed by atoms with van der Waals surface area (Å²) in [6, 6.07) is 27.9. The Bertz CT molecular complexity index is 1570. The van der Waals surface area contributed by atoms with Crippen LogP contribution in [0.4, 0.5) is 0 Å². The van der Waals surface area contributed by atoms with Crippen molar-refractivity contribution in [3.05, 3.63) is 118 Å². The number of rotatable bonds is 6. The second-order valence-corrected chi connectivity index (χ2v) is 12.6. The highest BCUT2D eigenvalue weighted by Gasteiger charge is 2.32. The third-order valence-electron chi connectivity index (χ3n) is 6.75. The molecule has 0 saturated carbocycles. The lowest BCUT2D eigenvalue weighted by molar-refractivity contribution is 0.264. The second kappa shape index (κ2) is 10.8. The average Bonchev–Trinajstić information content (AvgIpc) is 3.19. The van der Waals surface area contributed by atoms with Gasteiger partial charge in [0.2, 0.25) is 0 Å². The molecule has 2 aliphatic heterocycles. The molecule has 4 nitrogen and oxygen atoms in total. The Morgan fingerprint density at radius 1 is 0.641 bits per heavy atom. The van der Waals surface area contributed by atoms with Crippen LogP contribution in [0, 0.1) is 0 Å². The third kappa shape index (κ3) is 5.22. The van der Waals surface area contributed by atoms with Gasteiger partial charge in [-0.25, -0.2) is 4.57 Å². The molecule has 0 atom stereocenters. The van der Waals surface area contributed by atoms with E-state index in [4.69, 9.17) is 9.05 Å². The Kier molecular flexibility index (Phi) is 7.22. The van der Waals surface area contributed by atoms with E-state index in [1.807, 2.05) is 72.8 Å². The molecule has 6 rings (SSSR count). The molecule has 7 heteroatoms. The zero-order chi connectivity index (χ0) is 27.0. The van der Waals surface area contributed by atoms with Crippen molar-refractivity contribution in [3.63, 3.8) is 0 Å². The molecule has 0 bridgehead atoms. The van der Waals surface area contributed by atoms with Crippen LogP contribution in [0.3, 0.4) is 0 Å². The fourth-order valence-electron chi connectivity index (χ4n) is 4.82. The van der Waals surface area contributed by atoms with Crippen LogP contribution in [0.25, 0.3) is 23.7 Å². The summed E-state index contributed by atoms with van der Waals surface area (Å²) in [7, 11) is -4.61. The minimum atomic E-state index is -4.61. The first kappa shape index (κ1) is 26.1. The van der Waals surface area contributed by atoms with Crippen molar-refractivity contribution < 1.29 is 18.5 Å². The predicted octanol–water partition coefficient (Wildman–Crippen LogP) is 9.57. The first-order chi connectivity index (χ1) is 19.0. The molecule has 4 aromatic carbocycles. The molecule has 0 radical (unpaired) electrons. The van der Waals surface area contributed by atoms with Crippen LogP contribution in [0.15, 0.2) is 105 Å². The van der Waals surface area contributed by atoms with E-state index in [-0.39, 0.29) is 0 Å². The fraction of sp³-hybridized carbons (Fsp3) is 0.125. The molecular formula is C32H27O4PS2. The maximum atomic E-state index is 13.7. The predicted molar refractivity (Wildman–Crippen MR) is 161 cm³/mol. The van der Waals surface area contributed by atoms with Gasteiger partial charge in [-0.15, -0.1) is 0 Å². The van der Waals surface area contributed by atoms with Crippen LogP contribution < -0.4 is 0 Å². The Morgan fingerprint density at radius 2 is 1.08 bits per heavy atom. The summed E-state index contributed by atoms with van der Waals surface area (Å²) in [4.78, 5) is 15.4. The van der Waals surface area contributed by atoms with Crippen LogP contribution in [0.1, 0.15) is 47.2 Å². The molecule has 196 valence electrons. The highest BCUT2D eigenvalue weighted by molar-refractivity contribution is 7.99. The van der Waals surface area contributed by atoms with E-state index in [1.165, 1.54) is 0 Å². The van der Waals surface area contributed by atoms with Crippen LogP contribution in [0.5, 0.6) is 0 Å². The zero-order valence-corrected chi connectivity index (χ0v) is 24.1. The lowest BCUT2D eigenvalue weighted by Gasteiger charge is -2.20. The normalized spacial score (nSPS) is 13.9. The minimum absolute atomic E-state index is 0.315. The van der Waals surface area contributed by atoms with E-state index in [0.717, 1.165) is 65.8 Å². The average molecular weight is 571 g/mol. The molecular weight excluding hydrogens is 543 g/mol. The third-order valence-corrected chi connectivity index (χ3v) is 10.2. The molecule has 4 aromatic rings. The molecule has 0 spiro atoms. The van der Waals surface area contributed by atoms with Gasteiger partial charge in [-0.1, -0.05) is 110 Å². The molecule has 0 saturated heterocycles. The standard InChI is InChI=1S/C32H27O4PS2/c1-3-21-13-9-15-25-27(19-23-11-5-7-17-29(23)38-31(21)25)35-37(33,34)36-28-20-24-12-6-8-18-30(24)39-32-22(4-2)14-10-16-26(28)32/h5-20H,3-4H2,1-2H3,(H,33,34). The SMILES string of the molecule is CCc1cccc2c1Sc1ccccc1C=C2OP(=O)(O)OC1=Cc2ccccc2Sc2c(CC)cccc21. The largest absolute Gasteiger partial charge is 0.584 e. The van der Waals surface area contributed by atoms with Crippen LogP contribution in [0.2, 0.25) is 0 Å². The summed E-state index contributed by atoms with van der Waals surface area (Å²) >= 11 is 3.30. The van der Waals surface area contributed by atoms with Gasteiger partial charge in [0.15, 0.2) is 0 Å². The molecule has 2 aliphatic rings. The van der Waals surface area contributed by atoms with Crippen LogP contribution in [-0.4, -0.2) is 4.89 Å². The fourth-order valence-corrected chi connectivity index (χ4v) is 8.12. The van der Waals surface area contributed by atoms with Gasteiger partial charge < -0.3 is 9.05 Å². The molecule has 1 N–H and O–H groups in total. The van der Waals surface area contributed by atoms with E-state index >= 15 is 0 Å². The molecule has 0 amide bonds. The summed E-state index contributed by atoms with van der Waals surface area (Å²) < 4.78 is 25.6. The minimum Gasteiger partial charge on any atom is -0.394 e. The number of aryl methyl sites for hydroxylation is 2. The van der Waals surface area contributed by atoms with E-state index in [2.05, 4.69) is 38.1 Å². The monoisotopic (exact) mass is 570 g/mol. The quantitative estimate of drug-likeness (QED) is 0.233. The maximum Gasteiger partial charge on any atom is 0.584 e. The summed E-state index contributed by atoms with van der Waals surface area (Å²) in [6.07, 6.45) is 5.32. The molecule has 0 unspecified atom stereocenters. The summed E-state index contributed by atoms with van der Waals surface area (Å²) in [5, 5.41) is 0. The first-order valence-corrected chi connectivity index (χ1v) is 16.0. The highest BCUT2D eigenvalue weighted by Crippen LogP contribution is 2.55. The van der Waals surface area contributed by atoms with Crippen molar-refractivity contribution in [2.45, 2.75) is 46.3 Å². The Labute approximate surface area is 237 Å². The number of phosphoric acid groups is 1. The number of benzene rings is 4. The second-order valence-electron chi connectivity index (χ2n) is 9.24. The number of hydrogen-bond acceptors (Lipinski definition) is 5. The number of phosphoric ester groups is 1. The molecule has 0 aromatic heterocycles.